The Kier molecular flexibility index (Phi) is 11.9. The van der Waals surface area contributed by atoms with Gasteiger partial charge < -0.3 is 9.84 Å². The third-order valence-corrected chi connectivity index (χ3v) is 3.61. The summed E-state index contributed by atoms with van der Waals surface area (Å²) in [5.41, 5.74) is 0.356. The minimum Gasteiger partial charge on any atom is -0.481 e. The fraction of sp³-hybridized carbons (Fsp3) is 0.889. The van der Waals surface area contributed by atoms with Crippen LogP contribution in [0.15, 0.2) is 0 Å². The van der Waals surface area contributed by atoms with E-state index in [9.17, 15) is 9.59 Å². The smallest absolute Gasteiger partial charge is 0.305 e. The van der Waals surface area contributed by atoms with E-state index in [0.29, 0.717) is 18.4 Å². The second-order valence-corrected chi connectivity index (χ2v) is 7.25. The van der Waals surface area contributed by atoms with Gasteiger partial charge in [-0.1, -0.05) is 46.5 Å². The Morgan fingerprint density at radius 1 is 0.818 bits per heavy atom. The number of unbranched alkanes of at least 4 members (excludes halogenated alkanes) is 6. The number of carboxylic acids is 1. The average molecular weight is 314 g/mol. The lowest BCUT2D eigenvalue weighted by molar-refractivity contribution is -0.144. The summed E-state index contributed by atoms with van der Waals surface area (Å²) >= 11 is 0. The number of carbonyl (C=O) groups excluding carboxylic acids is 1. The zero-order valence-corrected chi connectivity index (χ0v) is 14.7. The summed E-state index contributed by atoms with van der Waals surface area (Å²) in [6.07, 6.45) is 9.72. The Morgan fingerprint density at radius 2 is 1.36 bits per heavy atom. The van der Waals surface area contributed by atoms with Crippen LogP contribution in [0.5, 0.6) is 0 Å². The molecule has 0 unspecified atom stereocenters. The first-order valence-corrected chi connectivity index (χ1v) is 8.69. The van der Waals surface area contributed by atoms with Crippen LogP contribution in [0.3, 0.4) is 0 Å². The van der Waals surface area contributed by atoms with Gasteiger partial charge in [-0.2, -0.15) is 0 Å². The van der Waals surface area contributed by atoms with Crippen LogP contribution >= 0.6 is 0 Å². The van der Waals surface area contributed by atoms with Crippen molar-refractivity contribution in [3.05, 3.63) is 0 Å². The summed E-state index contributed by atoms with van der Waals surface area (Å²) in [6.45, 7) is 7.21. The number of carbonyl (C=O) groups is 2. The fourth-order valence-corrected chi connectivity index (χ4v) is 2.27. The minimum absolute atomic E-state index is 0.0818. The van der Waals surface area contributed by atoms with Crippen LogP contribution in [-0.2, 0) is 14.3 Å². The van der Waals surface area contributed by atoms with E-state index in [1.165, 1.54) is 0 Å². The van der Waals surface area contributed by atoms with Crippen molar-refractivity contribution >= 4 is 11.9 Å². The SMILES string of the molecule is CC(C)(C)CCCCOC(=O)CCCCCCCCC(=O)O. The summed E-state index contributed by atoms with van der Waals surface area (Å²) in [5, 5.41) is 8.51. The normalized spacial score (nSPS) is 11.4. The van der Waals surface area contributed by atoms with Crippen molar-refractivity contribution in [1.82, 2.24) is 0 Å². The highest BCUT2D eigenvalue weighted by Gasteiger charge is 2.09. The van der Waals surface area contributed by atoms with E-state index >= 15 is 0 Å². The van der Waals surface area contributed by atoms with Gasteiger partial charge >= 0.3 is 11.9 Å². The highest BCUT2D eigenvalue weighted by atomic mass is 16.5. The fourth-order valence-electron chi connectivity index (χ4n) is 2.27. The summed E-state index contributed by atoms with van der Waals surface area (Å²) in [4.78, 5) is 21.9. The summed E-state index contributed by atoms with van der Waals surface area (Å²) in [7, 11) is 0. The van der Waals surface area contributed by atoms with E-state index in [1.54, 1.807) is 0 Å². The zero-order valence-electron chi connectivity index (χ0n) is 14.7. The van der Waals surface area contributed by atoms with Gasteiger partial charge in [-0.05, 0) is 37.5 Å². The number of aliphatic carboxylic acids is 1. The molecule has 4 heteroatoms. The number of hydrogen-bond donors (Lipinski definition) is 1. The first-order chi connectivity index (χ1) is 10.3. The average Bonchev–Trinajstić information content (AvgIpc) is 2.39. The quantitative estimate of drug-likeness (QED) is 0.386. The lowest BCUT2D eigenvalue weighted by Crippen LogP contribution is -2.08. The Bertz CT molecular complexity index is 305. The zero-order chi connectivity index (χ0) is 16.8. The number of ether oxygens (including phenoxy) is 1. The van der Waals surface area contributed by atoms with Crippen LogP contribution in [0.4, 0.5) is 0 Å². The number of carboxylic acid groups (broad SMARTS) is 1. The van der Waals surface area contributed by atoms with Crippen molar-refractivity contribution in [2.45, 2.75) is 91.4 Å². The minimum atomic E-state index is -0.717. The second-order valence-electron chi connectivity index (χ2n) is 7.25. The Balaban J connectivity index is 3.28. The molecule has 0 atom stereocenters. The Morgan fingerprint density at radius 3 is 1.91 bits per heavy atom. The Hall–Kier alpha value is -1.06. The van der Waals surface area contributed by atoms with Gasteiger partial charge in [0.2, 0.25) is 0 Å². The maximum absolute atomic E-state index is 11.5. The molecule has 0 aliphatic rings. The Labute approximate surface area is 135 Å². The molecule has 0 aliphatic carbocycles. The van der Waals surface area contributed by atoms with Gasteiger partial charge in [0.1, 0.15) is 0 Å². The predicted molar refractivity (Wildman–Crippen MR) is 88.8 cm³/mol. The molecule has 0 amide bonds. The van der Waals surface area contributed by atoms with E-state index in [1.807, 2.05) is 0 Å². The molecule has 0 aromatic heterocycles. The van der Waals surface area contributed by atoms with E-state index in [2.05, 4.69) is 20.8 Å². The first kappa shape index (κ1) is 20.9. The lowest BCUT2D eigenvalue weighted by Gasteiger charge is -2.17. The van der Waals surface area contributed by atoms with E-state index < -0.39 is 5.97 Å². The van der Waals surface area contributed by atoms with Crippen LogP contribution in [-0.4, -0.2) is 23.7 Å². The van der Waals surface area contributed by atoms with Crippen LogP contribution in [0.1, 0.15) is 91.4 Å². The predicted octanol–water partition coefficient (Wildman–Crippen LogP) is 4.95. The largest absolute Gasteiger partial charge is 0.481 e. The molecule has 0 saturated heterocycles. The molecule has 0 fully saturated rings. The maximum atomic E-state index is 11.5. The molecule has 0 aromatic carbocycles. The van der Waals surface area contributed by atoms with E-state index in [0.717, 1.165) is 57.8 Å². The van der Waals surface area contributed by atoms with Crippen molar-refractivity contribution in [2.75, 3.05) is 6.61 Å². The van der Waals surface area contributed by atoms with E-state index in [4.69, 9.17) is 9.84 Å². The van der Waals surface area contributed by atoms with Crippen molar-refractivity contribution in [3.8, 4) is 0 Å². The van der Waals surface area contributed by atoms with Gasteiger partial charge in [0.15, 0.2) is 0 Å². The van der Waals surface area contributed by atoms with Crippen LogP contribution < -0.4 is 0 Å². The maximum Gasteiger partial charge on any atom is 0.305 e. The van der Waals surface area contributed by atoms with Gasteiger partial charge in [0.05, 0.1) is 6.61 Å². The molecule has 0 heterocycles. The summed E-state index contributed by atoms with van der Waals surface area (Å²) in [5.74, 6) is -0.799. The third-order valence-electron chi connectivity index (χ3n) is 3.61. The molecule has 130 valence electrons. The highest BCUT2D eigenvalue weighted by Crippen LogP contribution is 2.21. The number of hydrogen-bond acceptors (Lipinski definition) is 3. The highest BCUT2D eigenvalue weighted by molar-refractivity contribution is 5.69. The number of rotatable bonds is 13. The molecular weight excluding hydrogens is 280 g/mol. The molecule has 4 nitrogen and oxygen atoms in total. The van der Waals surface area contributed by atoms with Gasteiger partial charge in [0, 0.05) is 12.8 Å². The van der Waals surface area contributed by atoms with Gasteiger partial charge in [-0.15, -0.1) is 0 Å². The molecule has 0 aromatic rings. The van der Waals surface area contributed by atoms with Crippen molar-refractivity contribution in [3.63, 3.8) is 0 Å². The second kappa shape index (κ2) is 12.5. The molecule has 1 N–H and O–H groups in total. The summed E-state index contributed by atoms with van der Waals surface area (Å²) < 4.78 is 5.22. The van der Waals surface area contributed by atoms with E-state index in [-0.39, 0.29) is 12.4 Å². The molecule has 0 aliphatic heterocycles. The molecule has 22 heavy (non-hydrogen) atoms. The van der Waals surface area contributed by atoms with Crippen molar-refractivity contribution < 1.29 is 19.4 Å². The third kappa shape index (κ3) is 17.0. The van der Waals surface area contributed by atoms with Crippen molar-refractivity contribution in [2.24, 2.45) is 5.41 Å². The molecule has 0 saturated carbocycles. The first-order valence-electron chi connectivity index (χ1n) is 8.69. The standard InChI is InChI=1S/C18H34O4/c1-18(2,3)14-10-11-15-22-17(21)13-9-7-5-4-6-8-12-16(19)20/h4-15H2,1-3H3,(H,19,20). The molecule has 0 spiro atoms. The monoisotopic (exact) mass is 314 g/mol. The lowest BCUT2D eigenvalue weighted by atomic mass is 9.90. The number of esters is 1. The molecule has 0 bridgehead atoms. The van der Waals surface area contributed by atoms with Crippen LogP contribution in [0.25, 0.3) is 0 Å². The molecule has 0 radical (unpaired) electrons. The van der Waals surface area contributed by atoms with Crippen LogP contribution in [0.2, 0.25) is 0 Å². The van der Waals surface area contributed by atoms with Gasteiger partial charge in [-0.25, -0.2) is 0 Å². The molecular formula is C18H34O4. The topological polar surface area (TPSA) is 63.6 Å². The summed E-state index contributed by atoms with van der Waals surface area (Å²) in [6, 6.07) is 0. The van der Waals surface area contributed by atoms with Gasteiger partial charge in [0.25, 0.3) is 0 Å². The van der Waals surface area contributed by atoms with Crippen LogP contribution in [0, 0.1) is 5.41 Å². The molecule has 0 rings (SSSR count). The van der Waals surface area contributed by atoms with Gasteiger partial charge in [-0.3, -0.25) is 9.59 Å². The van der Waals surface area contributed by atoms with Crippen molar-refractivity contribution in [1.29, 1.82) is 0 Å².